The maximum absolute atomic E-state index is 12.5. The molecular weight excluding hydrogens is 410 g/mol. The summed E-state index contributed by atoms with van der Waals surface area (Å²) in [6, 6.07) is 8.20. The Balaban J connectivity index is 1.51. The van der Waals surface area contributed by atoms with E-state index >= 15 is 0 Å². The largest absolute Gasteiger partial charge is 0.494 e. The van der Waals surface area contributed by atoms with Crippen molar-refractivity contribution in [2.45, 2.75) is 71.1 Å². The van der Waals surface area contributed by atoms with Crippen molar-refractivity contribution in [3.05, 3.63) is 45.8 Å². The monoisotopic (exact) mass is 443 g/mol. The van der Waals surface area contributed by atoms with Crippen LogP contribution < -0.4 is 10.1 Å². The Morgan fingerprint density at radius 1 is 1.13 bits per heavy atom. The van der Waals surface area contributed by atoms with Crippen molar-refractivity contribution in [1.82, 2.24) is 0 Å². The molecule has 1 amide bonds. The van der Waals surface area contributed by atoms with Crippen LogP contribution in [0.5, 0.6) is 5.75 Å². The highest BCUT2D eigenvalue weighted by Crippen LogP contribution is 2.38. The number of fused-ring (bicyclic) bond motifs is 1. The van der Waals surface area contributed by atoms with Gasteiger partial charge in [-0.15, -0.1) is 11.3 Å². The molecule has 0 saturated heterocycles. The predicted molar refractivity (Wildman–Crippen MR) is 125 cm³/mol. The molecule has 1 N–H and O–H groups in total. The highest BCUT2D eigenvalue weighted by atomic mass is 32.1. The van der Waals surface area contributed by atoms with Gasteiger partial charge in [0.25, 0.3) is 0 Å². The minimum atomic E-state index is -0.368. The summed E-state index contributed by atoms with van der Waals surface area (Å²) in [5, 5.41) is 3.56. The molecule has 1 aliphatic rings. The number of nitrogens with one attached hydrogen (secondary N) is 1. The highest BCUT2D eigenvalue weighted by Gasteiger charge is 2.26. The minimum Gasteiger partial charge on any atom is -0.494 e. The molecule has 1 aromatic carbocycles. The number of amides is 1. The van der Waals surface area contributed by atoms with Crippen LogP contribution in [0.15, 0.2) is 24.3 Å². The summed E-state index contributed by atoms with van der Waals surface area (Å²) in [6.07, 6.45) is 6.03. The van der Waals surface area contributed by atoms with Crippen molar-refractivity contribution >= 4 is 28.2 Å². The number of hydrogen-bond donors (Lipinski definition) is 1. The van der Waals surface area contributed by atoms with Crippen LogP contribution in [0, 0.1) is 0 Å². The van der Waals surface area contributed by atoms with Gasteiger partial charge in [-0.05, 0) is 67.2 Å². The van der Waals surface area contributed by atoms with Crippen LogP contribution in [0.3, 0.4) is 0 Å². The number of rotatable bonds is 9. The molecule has 5 nitrogen and oxygen atoms in total. The third-order valence-electron chi connectivity index (χ3n) is 6.15. The van der Waals surface area contributed by atoms with Crippen LogP contribution in [-0.4, -0.2) is 25.6 Å². The summed E-state index contributed by atoms with van der Waals surface area (Å²) < 4.78 is 10.8. The zero-order valence-corrected chi connectivity index (χ0v) is 19.8. The van der Waals surface area contributed by atoms with Crippen molar-refractivity contribution in [2.24, 2.45) is 0 Å². The summed E-state index contributed by atoms with van der Waals surface area (Å²) in [4.78, 5) is 26.0. The molecule has 1 aliphatic carbocycles. The third kappa shape index (κ3) is 5.67. The van der Waals surface area contributed by atoms with Gasteiger partial charge in [0.05, 0.1) is 19.3 Å². The highest BCUT2D eigenvalue weighted by molar-refractivity contribution is 7.17. The van der Waals surface area contributed by atoms with Crippen molar-refractivity contribution < 1.29 is 19.1 Å². The Morgan fingerprint density at radius 3 is 2.52 bits per heavy atom. The first-order valence-electron chi connectivity index (χ1n) is 11.1. The number of benzene rings is 1. The number of carbonyl (C=O) groups is 2. The molecule has 6 heteroatoms. The van der Waals surface area contributed by atoms with Gasteiger partial charge in [0.1, 0.15) is 10.8 Å². The molecule has 0 saturated carbocycles. The van der Waals surface area contributed by atoms with E-state index < -0.39 is 0 Å². The fourth-order valence-electron chi connectivity index (χ4n) is 3.79. The lowest BCUT2D eigenvalue weighted by Crippen LogP contribution is -2.16. The van der Waals surface area contributed by atoms with Gasteiger partial charge in [-0.3, -0.25) is 4.79 Å². The summed E-state index contributed by atoms with van der Waals surface area (Å²) >= 11 is 1.51. The Labute approximate surface area is 189 Å². The number of methoxy groups -OCH3 is 1. The topological polar surface area (TPSA) is 64.6 Å². The number of hydrogen-bond acceptors (Lipinski definition) is 5. The van der Waals surface area contributed by atoms with Crippen molar-refractivity contribution in [2.75, 3.05) is 19.0 Å². The standard InChI is InChI=1S/C25H33NO4S/c1-5-25(2,3)17-12-14-18(15-13-17)30-16-8-11-21(27)26-23-22(24(28)29-4)19-9-6-7-10-20(19)31-23/h12-15H,5-11,16H2,1-4H3,(H,26,27). The van der Waals surface area contributed by atoms with Gasteiger partial charge in [0, 0.05) is 11.3 Å². The SMILES string of the molecule is CCC(C)(C)c1ccc(OCCCC(=O)Nc2sc3c(c2C(=O)OC)CCCC3)cc1. The van der Waals surface area contributed by atoms with Gasteiger partial charge in [-0.25, -0.2) is 4.79 Å². The summed E-state index contributed by atoms with van der Waals surface area (Å²) in [5.74, 6) is 0.343. The number of anilines is 1. The van der Waals surface area contributed by atoms with Crippen molar-refractivity contribution in [3.63, 3.8) is 0 Å². The smallest absolute Gasteiger partial charge is 0.341 e. The molecule has 0 spiro atoms. The summed E-state index contributed by atoms with van der Waals surface area (Å²) in [5.41, 5.74) is 3.04. The van der Waals surface area contributed by atoms with Gasteiger partial charge >= 0.3 is 5.97 Å². The molecule has 0 unspecified atom stereocenters. The second-order valence-electron chi connectivity index (χ2n) is 8.67. The first kappa shape index (κ1) is 23.3. The molecule has 0 radical (unpaired) electrons. The fraction of sp³-hybridized carbons (Fsp3) is 0.520. The Bertz CT molecular complexity index is 914. The molecule has 0 aliphatic heterocycles. The van der Waals surface area contributed by atoms with E-state index in [9.17, 15) is 9.59 Å². The Morgan fingerprint density at radius 2 is 1.84 bits per heavy atom. The van der Waals surface area contributed by atoms with E-state index in [1.807, 2.05) is 12.1 Å². The molecule has 168 valence electrons. The first-order chi connectivity index (χ1) is 14.9. The van der Waals surface area contributed by atoms with Crippen LogP contribution in [0.2, 0.25) is 0 Å². The van der Waals surface area contributed by atoms with Gasteiger partial charge in [-0.1, -0.05) is 32.9 Å². The molecule has 1 aromatic heterocycles. The van der Waals surface area contributed by atoms with E-state index in [0.717, 1.165) is 43.4 Å². The van der Waals surface area contributed by atoms with Crippen LogP contribution in [-0.2, 0) is 27.8 Å². The second kappa shape index (κ2) is 10.3. The molecule has 0 atom stereocenters. The normalized spacial score (nSPS) is 13.4. The van der Waals surface area contributed by atoms with Gasteiger partial charge < -0.3 is 14.8 Å². The average molecular weight is 444 g/mol. The van der Waals surface area contributed by atoms with Crippen LogP contribution in [0.25, 0.3) is 0 Å². The Hall–Kier alpha value is -2.34. The molecule has 1 heterocycles. The maximum atomic E-state index is 12.5. The maximum Gasteiger partial charge on any atom is 0.341 e. The zero-order valence-electron chi connectivity index (χ0n) is 19.0. The minimum absolute atomic E-state index is 0.104. The van der Waals surface area contributed by atoms with Gasteiger partial charge in [0.15, 0.2) is 0 Å². The molecule has 3 rings (SSSR count). The molecule has 0 bridgehead atoms. The van der Waals surface area contributed by atoms with Gasteiger partial charge in [-0.2, -0.15) is 0 Å². The van der Waals surface area contributed by atoms with Crippen LogP contribution in [0.4, 0.5) is 5.00 Å². The summed E-state index contributed by atoms with van der Waals surface area (Å²) in [7, 11) is 1.38. The second-order valence-corrected chi connectivity index (χ2v) is 9.77. The number of thiophene rings is 1. The molecule has 31 heavy (non-hydrogen) atoms. The predicted octanol–water partition coefficient (Wildman–Crippen LogP) is 5.90. The van der Waals surface area contributed by atoms with Gasteiger partial charge in [0.2, 0.25) is 5.91 Å². The lowest BCUT2D eigenvalue weighted by Gasteiger charge is -2.23. The summed E-state index contributed by atoms with van der Waals surface area (Å²) in [6.45, 7) is 7.12. The van der Waals surface area contributed by atoms with E-state index in [2.05, 4.69) is 38.2 Å². The van der Waals surface area contributed by atoms with Crippen molar-refractivity contribution in [3.8, 4) is 5.75 Å². The quantitative estimate of drug-likeness (QED) is 0.387. The molecule has 2 aromatic rings. The van der Waals surface area contributed by atoms with E-state index in [1.54, 1.807) is 0 Å². The fourth-order valence-corrected chi connectivity index (χ4v) is 5.08. The molecular formula is C25H33NO4S. The number of aryl methyl sites for hydroxylation is 1. The van der Waals surface area contributed by atoms with Crippen LogP contribution in [0.1, 0.15) is 79.2 Å². The van der Waals surface area contributed by atoms with E-state index in [-0.39, 0.29) is 17.3 Å². The number of esters is 1. The lowest BCUT2D eigenvalue weighted by atomic mass is 9.82. The first-order valence-corrected chi connectivity index (χ1v) is 11.9. The van der Waals surface area contributed by atoms with Crippen LogP contribution >= 0.6 is 11.3 Å². The average Bonchev–Trinajstić information content (AvgIpc) is 3.14. The number of carbonyl (C=O) groups excluding carboxylic acids is 2. The van der Waals surface area contributed by atoms with E-state index in [1.165, 1.54) is 28.9 Å². The van der Waals surface area contributed by atoms with Crippen molar-refractivity contribution in [1.29, 1.82) is 0 Å². The Kier molecular flexibility index (Phi) is 7.76. The number of ether oxygens (including phenoxy) is 2. The van der Waals surface area contributed by atoms with E-state index in [0.29, 0.717) is 30.0 Å². The molecule has 0 fully saturated rings. The lowest BCUT2D eigenvalue weighted by molar-refractivity contribution is -0.116. The third-order valence-corrected chi connectivity index (χ3v) is 7.36. The zero-order chi connectivity index (χ0) is 22.4. The van der Waals surface area contributed by atoms with E-state index in [4.69, 9.17) is 9.47 Å².